The third-order valence-electron chi connectivity index (χ3n) is 4.95. The smallest absolute Gasteiger partial charge is 0.342 e. The Morgan fingerprint density at radius 3 is 2.11 bits per heavy atom. The molecule has 152 valence electrons. The third kappa shape index (κ3) is 7.26. The van der Waals surface area contributed by atoms with Gasteiger partial charge in [-0.05, 0) is 36.1 Å². The number of aromatic hydroxyl groups is 2. The van der Waals surface area contributed by atoms with Crippen LogP contribution in [0.4, 0.5) is 0 Å². The number of aryl methyl sites for hydroxylation is 1. The van der Waals surface area contributed by atoms with Crippen LogP contribution in [0.2, 0.25) is 0 Å². The van der Waals surface area contributed by atoms with E-state index in [1.165, 1.54) is 75.1 Å². The molecule has 0 aliphatic rings. The van der Waals surface area contributed by atoms with Gasteiger partial charge in [0.1, 0.15) is 12.2 Å². The van der Waals surface area contributed by atoms with E-state index < -0.39 is 11.7 Å². The molecule has 2 rings (SSSR count). The fourth-order valence-corrected chi connectivity index (χ4v) is 3.19. The molecule has 0 aliphatic carbocycles. The average Bonchev–Trinajstić information content (AvgIpc) is 2.71. The number of ether oxygens (including phenoxy) is 1. The molecule has 0 radical (unpaired) electrons. The van der Waals surface area contributed by atoms with Crippen LogP contribution in [0, 0.1) is 0 Å². The van der Waals surface area contributed by atoms with E-state index in [9.17, 15) is 15.0 Å². The van der Waals surface area contributed by atoms with Crippen LogP contribution < -0.4 is 0 Å². The van der Waals surface area contributed by atoms with Gasteiger partial charge in [0.05, 0.1) is 0 Å². The summed E-state index contributed by atoms with van der Waals surface area (Å²) in [6.45, 7) is 2.38. The van der Waals surface area contributed by atoms with Crippen LogP contribution in [0.25, 0.3) is 0 Å². The number of esters is 1. The first-order chi connectivity index (χ1) is 13.6. The minimum absolute atomic E-state index is 0.0358. The summed E-state index contributed by atoms with van der Waals surface area (Å²) in [4.78, 5) is 12.1. The molecular formula is C24H32O4. The van der Waals surface area contributed by atoms with E-state index in [2.05, 4.69) is 19.1 Å². The lowest BCUT2D eigenvalue weighted by Crippen LogP contribution is -2.05. The minimum Gasteiger partial charge on any atom is -0.504 e. The van der Waals surface area contributed by atoms with E-state index in [0.29, 0.717) is 0 Å². The number of phenols is 2. The molecular weight excluding hydrogens is 352 g/mol. The molecule has 0 spiro atoms. The lowest BCUT2D eigenvalue weighted by atomic mass is 10.0. The molecule has 4 nitrogen and oxygen atoms in total. The van der Waals surface area contributed by atoms with Crippen LogP contribution in [0.3, 0.4) is 0 Å². The van der Waals surface area contributed by atoms with Gasteiger partial charge in [0.25, 0.3) is 0 Å². The van der Waals surface area contributed by atoms with Gasteiger partial charge in [-0.15, -0.1) is 0 Å². The molecule has 0 fully saturated rings. The van der Waals surface area contributed by atoms with E-state index >= 15 is 0 Å². The maximum absolute atomic E-state index is 12.1. The lowest BCUT2D eigenvalue weighted by molar-refractivity contribution is 0.0468. The Labute approximate surface area is 168 Å². The molecule has 0 amide bonds. The molecule has 2 aromatic carbocycles. The predicted octanol–water partition coefficient (Wildman–Crippen LogP) is 6.14. The van der Waals surface area contributed by atoms with E-state index in [0.717, 1.165) is 12.0 Å². The Bertz CT molecular complexity index is 722. The Morgan fingerprint density at radius 2 is 1.43 bits per heavy atom. The van der Waals surface area contributed by atoms with E-state index in [1.54, 1.807) is 0 Å². The zero-order chi connectivity index (χ0) is 20.2. The number of unbranched alkanes of at least 4 members (excludes halogenated alkanes) is 7. The van der Waals surface area contributed by atoms with Crippen molar-refractivity contribution in [3.8, 4) is 11.5 Å². The number of rotatable bonds is 12. The average molecular weight is 385 g/mol. The van der Waals surface area contributed by atoms with Gasteiger partial charge in [-0.2, -0.15) is 0 Å². The summed E-state index contributed by atoms with van der Waals surface area (Å²) in [5.41, 5.74) is 2.16. The number of phenolic OH excluding ortho intramolecular Hbond substituents is 2. The van der Waals surface area contributed by atoms with Crippen molar-refractivity contribution in [2.45, 2.75) is 71.3 Å². The highest BCUT2D eigenvalue weighted by atomic mass is 16.5. The van der Waals surface area contributed by atoms with Gasteiger partial charge in [0, 0.05) is 0 Å². The molecule has 4 heteroatoms. The van der Waals surface area contributed by atoms with Crippen LogP contribution >= 0.6 is 0 Å². The first kappa shape index (κ1) is 21.8. The van der Waals surface area contributed by atoms with Gasteiger partial charge < -0.3 is 14.9 Å². The van der Waals surface area contributed by atoms with Crippen LogP contribution in [0.5, 0.6) is 11.5 Å². The molecule has 0 heterocycles. The zero-order valence-corrected chi connectivity index (χ0v) is 16.8. The van der Waals surface area contributed by atoms with Crippen molar-refractivity contribution in [2.24, 2.45) is 0 Å². The van der Waals surface area contributed by atoms with Crippen molar-refractivity contribution < 1.29 is 19.7 Å². The Balaban J connectivity index is 1.68. The van der Waals surface area contributed by atoms with Crippen LogP contribution in [0.15, 0.2) is 42.5 Å². The Hall–Kier alpha value is -2.49. The van der Waals surface area contributed by atoms with Crippen molar-refractivity contribution in [3.05, 3.63) is 59.2 Å². The largest absolute Gasteiger partial charge is 0.504 e. The van der Waals surface area contributed by atoms with Gasteiger partial charge >= 0.3 is 5.97 Å². The van der Waals surface area contributed by atoms with E-state index in [4.69, 9.17) is 4.74 Å². The number of carbonyl (C=O) groups is 1. The Morgan fingerprint density at radius 1 is 0.821 bits per heavy atom. The first-order valence-electron chi connectivity index (χ1n) is 10.4. The fourth-order valence-electron chi connectivity index (χ4n) is 3.19. The minimum atomic E-state index is -0.656. The highest BCUT2D eigenvalue weighted by Crippen LogP contribution is 2.28. The van der Waals surface area contributed by atoms with Crippen LogP contribution in [0.1, 0.15) is 79.8 Å². The number of carbonyl (C=O) groups excluding carboxylic acids is 1. The number of hydrogen-bond donors (Lipinski definition) is 2. The zero-order valence-electron chi connectivity index (χ0n) is 16.8. The second-order valence-corrected chi connectivity index (χ2v) is 7.29. The third-order valence-corrected chi connectivity index (χ3v) is 4.95. The summed E-state index contributed by atoms with van der Waals surface area (Å²) >= 11 is 0. The topological polar surface area (TPSA) is 66.8 Å². The predicted molar refractivity (Wildman–Crippen MR) is 112 cm³/mol. The summed E-state index contributed by atoms with van der Waals surface area (Å²) in [5, 5.41) is 19.2. The van der Waals surface area contributed by atoms with E-state index in [-0.39, 0.29) is 17.9 Å². The van der Waals surface area contributed by atoms with Crippen molar-refractivity contribution in [1.82, 2.24) is 0 Å². The lowest BCUT2D eigenvalue weighted by Gasteiger charge is -2.08. The molecule has 0 unspecified atom stereocenters. The van der Waals surface area contributed by atoms with Crippen molar-refractivity contribution in [2.75, 3.05) is 0 Å². The normalized spacial score (nSPS) is 10.8. The van der Waals surface area contributed by atoms with Gasteiger partial charge in [-0.3, -0.25) is 0 Å². The Kier molecular flexibility index (Phi) is 9.40. The number of hydrogen-bond acceptors (Lipinski definition) is 4. The summed E-state index contributed by atoms with van der Waals surface area (Å²) in [7, 11) is 0. The molecule has 2 aromatic rings. The number of para-hydroxylation sites is 1. The summed E-state index contributed by atoms with van der Waals surface area (Å²) in [6, 6.07) is 12.3. The molecule has 0 bridgehead atoms. The second-order valence-electron chi connectivity index (χ2n) is 7.29. The maximum Gasteiger partial charge on any atom is 0.342 e. The number of benzene rings is 2. The quantitative estimate of drug-likeness (QED) is 0.262. The molecule has 0 atom stereocenters. The highest BCUT2D eigenvalue weighted by molar-refractivity contribution is 5.93. The molecule has 0 aliphatic heterocycles. The maximum atomic E-state index is 12.1. The molecule has 0 saturated carbocycles. The standard InChI is InChI=1S/C24H32O4/c1-2-3-4-5-6-7-8-9-11-19-14-16-20(17-15-19)18-28-24(27)21-12-10-13-22(25)23(21)26/h10,12-17,25-26H,2-9,11,18H2,1H3. The second kappa shape index (κ2) is 12.1. The SMILES string of the molecule is CCCCCCCCCCc1ccc(COC(=O)c2cccc(O)c2O)cc1. The summed E-state index contributed by atoms with van der Waals surface area (Å²) in [6.07, 6.45) is 11.6. The van der Waals surface area contributed by atoms with Crippen molar-refractivity contribution >= 4 is 5.97 Å². The van der Waals surface area contributed by atoms with Gasteiger partial charge in [0.15, 0.2) is 11.5 Å². The van der Waals surface area contributed by atoms with Gasteiger partial charge in [-0.25, -0.2) is 4.79 Å². The highest BCUT2D eigenvalue weighted by Gasteiger charge is 2.15. The van der Waals surface area contributed by atoms with Gasteiger partial charge in [0.2, 0.25) is 0 Å². The summed E-state index contributed by atoms with van der Waals surface area (Å²) < 4.78 is 5.23. The molecule has 2 N–H and O–H groups in total. The fraction of sp³-hybridized carbons (Fsp3) is 0.458. The molecule has 28 heavy (non-hydrogen) atoms. The molecule has 0 saturated heterocycles. The van der Waals surface area contributed by atoms with E-state index in [1.807, 2.05) is 12.1 Å². The van der Waals surface area contributed by atoms with Crippen molar-refractivity contribution in [3.63, 3.8) is 0 Å². The monoisotopic (exact) mass is 384 g/mol. The van der Waals surface area contributed by atoms with Crippen LogP contribution in [-0.4, -0.2) is 16.2 Å². The molecule has 0 aromatic heterocycles. The summed E-state index contributed by atoms with van der Waals surface area (Å²) in [5.74, 6) is -1.44. The van der Waals surface area contributed by atoms with Crippen molar-refractivity contribution in [1.29, 1.82) is 0 Å². The van der Waals surface area contributed by atoms with Gasteiger partial charge in [-0.1, -0.05) is 82.2 Å². The first-order valence-corrected chi connectivity index (χ1v) is 10.4. The van der Waals surface area contributed by atoms with Crippen LogP contribution in [-0.2, 0) is 17.8 Å².